The van der Waals surface area contributed by atoms with Crippen molar-refractivity contribution in [2.24, 2.45) is 10.4 Å². The van der Waals surface area contributed by atoms with E-state index < -0.39 is 35.0 Å². The van der Waals surface area contributed by atoms with Crippen molar-refractivity contribution in [1.29, 1.82) is 0 Å². The van der Waals surface area contributed by atoms with E-state index in [2.05, 4.69) is 21.2 Å². The molecule has 2 amide bonds. The molecule has 1 aromatic carbocycles. The first-order valence-corrected chi connectivity index (χ1v) is 14.8. The van der Waals surface area contributed by atoms with E-state index in [9.17, 15) is 28.3 Å². The van der Waals surface area contributed by atoms with Gasteiger partial charge in [-0.05, 0) is 26.8 Å². The maximum absolute atomic E-state index is 14.8. The molecule has 2 aromatic rings. The fourth-order valence-corrected chi connectivity index (χ4v) is 5.66. The van der Waals surface area contributed by atoms with Gasteiger partial charge in [-0.3, -0.25) is 14.7 Å². The lowest BCUT2D eigenvalue weighted by atomic mass is 9.91. The summed E-state index contributed by atoms with van der Waals surface area (Å²) in [6, 6.07) is 0.870. The Morgan fingerprint density at radius 3 is 2.55 bits per heavy atom. The second kappa shape index (κ2) is 13.5. The lowest BCUT2D eigenvalue weighted by Crippen LogP contribution is -2.54. The van der Waals surface area contributed by atoms with Crippen LogP contribution in [-0.2, 0) is 14.3 Å². The molecule has 234 valence electrons. The first kappa shape index (κ1) is 32.6. The number of rotatable bonds is 9. The van der Waals surface area contributed by atoms with Gasteiger partial charge in [-0.25, -0.2) is 23.4 Å². The summed E-state index contributed by atoms with van der Waals surface area (Å²) in [5.41, 5.74) is -0.785. The number of thiazole rings is 1. The summed E-state index contributed by atoms with van der Waals surface area (Å²) in [5.74, 6) is -1.48. The highest BCUT2D eigenvalue weighted by Crippen LogP contribution is 2.36. The van der Waals surface area contributed by atoms with Crippen LogP contribution < -0.4 is 5.32 Å². The van der Waals surface area contributed by atoms with Crippen LogP contribution in [0.4, 0.5) is 13.6 Å². The van der Waals surface area contributed by atoms with Crippen LogP contribution in [0.25, 0.3) is 0 Å². The third kappa shape index (κ3) is 6.89. The molecule has 0 radical (unpaired) electrons. The van der Waals surface area contributed by atoms with Crippen molar-refractivity contribution in [3.05, 3.63) is 62.7 Å². The van der Waals surface area contributed by atoms with Crippen LogP contribution in [0.1, 0.15) is 42.9 Å². The number of carboxylic acid groups (broad SMARTS) is 1. The normalized spacial score (nSPS) is 17.4. The smallest absolute Gasteiger partial charge is 0.338 e. The molecule has 1 saturated heterocycles. The Morgan fingerprint density at radius 2 is 1.95 bits per heavy atom. The molecule has 2 aliphatic heterocycles. The Labute approximate surface area is 258 Å². The van der Waals surface area contributed by atoms with E-state index in [0.29, 0.717) is 42.7 Å². The molecule has 1 unspecified atom stereocenters. The molecule has 1 aromatic heterocycles. The Morgan fingerprint density at radius 1 is 1.25 bits per heavy atom. The number of halogens is 2. The van der Waals surface area contributed by atoms with E-state index in [1.807, 2.05) is 4.90 Å². The van der Waals surface area contributed by atoms with Gasteiger partial charge in [0.05, 0.1) is 23.2 Å². The molecule has 0 aliphatic carbocycles. The molecule has 2 N–H and O–H groups in total. The lowest BCUT2D eigenvalue weighted by Gasteiger charge is -2.38. The number of carboxylic acids is 1. The SMILES string of the molecule is C#Cc1c(C2N=C(c3nccs3)NC(CN3CCN(C(=O)N(C)CC(C)(C)C(=O)O)CC3)=C2C(=O)OCC)ccc(F)c1F. The third-order valence-electron chi connectivity index (χ3n) is 7.38. The van der Waals surface area contributed by atoms with Gasteiger partial charge in [0.2, 0.25) is 0 Å². The molecule has 2 aliphatic rings. The van der Waals surface area contributed by atoms with Crippen LogP contribution in [0.15, 0.2) is 40.0 Å². The fourth-order valence-electron chi connectivity index (χ4n) is 5.07. The summed E-state index contributed by atoms with van der Waals surface area (Å²) in [6.45, 7) is 6.72. The molecular weight excluding hydrogens is 594 g/mol. The Balaban J connectivity index is 1.63. The number of aliphatic imine (C=N–C) groups is 1. The van der Waals surface area contributed by atoms with Crippen molar-refractivity contribution < 1.29 is 33.0 Å². The van der Waals surface area contributed by atoms with E-state index in [1.165, 1.54) is 22.3 Å². The molecule has 14 heteroatoms. The maximum atomic E-state index is 14.8. The number of aliphatic carboxylic acids is 1. The average Bonchev–Trinajstić information content (AvgIpc) is 3.53. The number of ether oxygens (including phenoxy) is 1. The minimum absolute atomic E-state index is 0.0466. The van der Waals surface area contributed by atoms with Crippen molar-refractivity contribution in [3.8, 4) is 12.3 Å². The maximum Gasteiger partial charge on any atom is 0.338 e. The highest BCUT2D eigenvalue weighted by Gasteiger charge is 2.37. The predicted molar refractivity (Wildman–Crippen MR) is 160 cm³/mol. The quantitative estimate of drug-likeness (QED) is 0.321. The number of nitrogens with zero attached hydrogens (tertiary/aromatic N) is 5. The Kier molecular flexibility index (Phi) is 10.0. The van der Waals surface area contributed by atoms with E-state index >= 15 is 0 Å². The molecular formula is C30H34F2N6O5S. The number of urea groups is 1. The van der Waals surface area contributed by atoms with Gasteiger partial charge in [0.15, 0.2) is 22.5 Å². The van der Waals surface area contributed by atoms with Crippen molar-refractivity contribution in [3.63, 3.8) is 0 Å². The number of piperazine rings is 1. The number of aromatic nitrogens is 1. The monoisotopic (exact) mass is 628 g/mol. The molecule has 4 rings (SSSR count). The van der Waals surface area contributed by atoms with Crippen LogP contribution in [0.3, 0.4) is 0 Å². The number of amidine groups is 1. The standard InChI is InChI=1S/C30H34F2N6O5S/c1-6-18-19(8-9-20(31)23(18)32)24-22(27(39)43-7-2)21(34-25(35-24)26-33-10-15-44-26)16-37-11-13-38(14-12-37)29(42)36(5)17-30(3,4)28(40)41/h1,8-10,15,24H,7,11-14,16-17H2,2-5H3,(H,34,35)(H,40,41). The highest BCUT2D eigenvalue weighted by atomic mass is 32.1. The van der Waals surface area contributed by atoms with Crippen LogP contribution in [-0.4, -0.2) is 102 Å². The summed E-state index contributed by atoms with van der Waals surface area (Å²) >= 11 is 1.31. The third-order valence-corrected chi connectivity index (χ3v) is 8.16. The average molecular weight is 629 g/mol. The van der Waals surface area contributed by atoms with Gasteiger partial charge >= 0.3 is 18.0 Å². The minimum Gasteiger partial charge on any atom is -0.481 e. The Hall–Kier alpha value is -4.35. The number of carbonyl (C=O) groups excluding carboxylic acids is 2. The van der Waals surface area contributed by atoms with Crippen LogP contribution in [0.2, 0.25) is 0 Å². The topological polar surface area (TPSA) is 128 Å². The molecule has 1 atom stereocenters. The van der Waals surface area contributed by atoms with Gasteiger partial charge in [-0.15, -0.1) is 17.8 Å². The predicted octanol–water partition coefficient (Wildman–Crippen LogP) is 3.09. The van der Waals surface area contributed by atoms with Gasteiger partial charge < -0.3 is 25.0 Å². The first-order chi connectivity index (χ1) is 20.9. The number of carbonyl (C=O) groups is 3. The summed E-state index contributed by atoms with van der Waals surface area (Å²) < 4.78 is 34.3. The molecule has 1 fully saturated rings. The summed E-state index contributed by atoms with van der Waals surface area (Å²) in [7, 11) is 1.57. The summed E-state index contributed by atoms with van der Waals surface area (Å²) in [5, 5.41) is 14.9. The Bertz CT molecular complexity index is 1530. The number of hydrogen-bond donors (Lipinski definition) is 2. The van der Waals surface area contributed by atoms with E-state index in [1.54, 1.807) is 44.3 Å². The number of hydrogen-bond acceptors (Lipinski definition) is 9. The molecule has 44 heavy (non-hydrogen) atoms. The number of terminal acetylenes is 1. The molecule has 0 spiro atoms. The zero-order valence-corrected chi connectivity index (χ0v) is 25.7. The van der Waals surface area contributed by atoms with Crippen molar-refractivity contribution in [2.75, 3.05) is 52.9 Å². The summed E-state index contributed by atoms with van der Waals surface area (Å²) in [6.07, 6.45) is 7.19. The number of benzene rings is 1. The lowest BCUT2D eigenvalue weighted by molar-refractivity contribution is -0.147. The minimum atomic E-state index is -1.21. The van der Waals surface area contributed by atoms with Gasteiger partial charge in [0, 0.05) is 69.2 Å². The van der Waals surface area contributed by atoms with Crippen molar-refractivity contribution >= 4 is 35.1 Å². The molecule has 3 heterocycles. The zero-order chi connectivity index (χ0) is 32.2. The molecule has 11 nitrogen and oxygen atoms in total. The molecule has 0 saturated carbocycles. The van der Waals surface area contributed by atoms with Crippen LogP contribution >= 0.6 is 11.3 Å². The zero-order valence-electron chi connectivity index (χ0n) is 24.9. The second-order valence-electron chi connectivity index (χ2n) is 11.0. The number of amides is 2. The highest BCUT2D eigenvalue weighted by molar-refractivity contribution is 7.11. The number of esters is 1. The van der Waals surface area contributed by atoms with Gasteiger partial charge in [0.1, 0.15) is 6.04 Å². The second-order valence-corrected chi connectivity index (χ2v) is 11.9. The van der Waals surface area contributed by atoms with Crippen molar-refractivity contribution in [2.45, 2.75) is 26.8 Å². The van der Waals surface area contributed by atoms with Crippen molar-refractivity contribution in [1.82, 2.24) is 25.0 Å². The van der Waals surface area contributed by atoms with E-state index in [4.69, 9.17) is 11.2 Å². The van der Waals surface area contributed by atoms with Gasteiger partial charge in [-0.2, -0.15) is 0 Å². The fraction of sp³-hybridized carbons (Fsp3) is 0.433. The van der Waals surface area contributed by atoms with E-state index in [-0.39, 0.29) is 42.4 Å². The largest absolute Gasteiger partial charge is 0.481 e. The van der Waals surface area contributed by atoms with Crippen LogP contribution in [0, 0.1) is 29.4 Å². The molecule has 0 bridgehead atoms. The van der Waals surface area contributed by atoms with Crippen LogP contribution in [0.5, 0.6) is 0 Å². The first-order valence-electron chi connectivity index (χ1n) is 13.9. The van der Waals surface area contributed by atoms with Gasteiger partial charge in [0.25, 0.3) is 0 Å². The summed E-state index contributed by atoms with van der Waals surface area (Å²) in [4.78, 5) is 52.1. The van der Waals surface area contributed by atoms with Gasteiger partial charge in [-0.1, -0.05) is 12.0 Å². The number of nitrogens with one attached hydrogen (secondary N) is 1. The van der Waals surface area contributed by atoms with E-state index in [0.717, 1.165) is 6.07 Å².